The zero-order chi connectivity index (χ0) is 14.7. The molecule has 3 heteroatoms. The van der Waals surface area contributed by atoms with Crippen molar-refractivity contribution in [3.05, 3.63) is 47.0 Å². The number of nitrogens with zero attached hydrogens (tertiary/aromatic N) is 2. The number of pyridine rings is 1. The minimum Gasteiger partial charge on any atom is -0.240 e. The molecule has 0 spiro atoms. The Morgan fingerprint density at radius 2 is 1.86 bits per heavy atom. The fourth-order valence-corrected chi connectivity index (χ4v) is 3.73. The van der Waals surface area contributed by atoms with Crippen LogP contribution in [0.15, 0.2) is 35.4 Å². The molecule has 2 nitrogen and oxygen atoms in total. The number of thioether (sulfide) groups is 1. The lowest BCUT2D eigenvalue weighted by atomic mass is 9.86. The summed E-state index contributed by atoms with van der Waals surface area (Å²) in [7, 11) is 0. The maximum atomic E-state index is 9.56. The molecular formula is C18H18N2S. The number of hydrogen-bond acceptors (Lipinski definition) is 3. The lowest BCUT2D eigenvalue weighted by Gasteiger charge is -2.22. The summed E-state index contributed by atoms with van der Waals surface area (Å²) in [4.78, 5) is 4.86. The van der Waals surface area contributed by atoms with E-state index in [0.717, 1.165) is 40.4 Å². The lowest BCUT2D eigenvalue weighted by molar-refractivity contribution is 0.677. The smallest absolute Gasteiger partial charge is 0.115 e. The first-order valence-corrected chi connectivity index (χ1v) is 8.47. The Hall–Kier alpha value is -1.79. The quantitative estimate of drug-likeness (QED) is 0.776. The first kappa shape index (κ1) is 14.2. The first-order valence-electron chi connectivity index (χ1n) is 7.49. The molecule has 0 fully saturated rings. The molecule has 0 atom stereocenters. The van der Waals surface area contributed by atoms with Crippen molar-refractivity contribution in [2.75, 3.05) is 5.75 Å². The normalized spacial score (nSPS) is 13.5. The van der Waals surface area contributed by atoms with Crippen molar-refractivity contribution in [3.63, 3.8) is 0 Å². The van der Waals surface area contributed by atoms with E-state index in [1.54, 1.807) is 11.8 Å². The molecule has 0 unspecified atom stereocenters. The number of aromatic nitrogens is 1. The van der Waals surface area contributed by atoms with Gasteiger partial charge in [-0.1, -0.05) is 37.3 Å². The standard InChI is InChI=1S/C18H18N2S/c1-2-21-18-16(12-19)14-10-6-7-11-15(14)17(20-18)13-8-4-3-5-9-13/h3-5,8-9H,2,6-7,10-11H2,1H3. The van der Waals surface area contributed by atoms with Gasteiger partial charge in [-0.3, -0.25) is 0 Å². The van der Waals surface area contributed by atoms with Gasteiger partial charge >= 0.3 is 0 Å². The van der Waals surface area contributed by atoms with Crippen LogP contribution < -0.4 is 0 Å². The average Bonchev–Trinajstić information content (AvgIpc) is 2.55. The highest BCUT2D eigenvalue weighted by Gasteiger charge is 2.22. The van der Waals surface area contributed by atoms with E-state index in [4.69, 9.17) is 4.98 Å². The Bertz CT molecular complexity index is 687. The van der Waals surface area contributed by atoms with Crippen molar-refractivity contribution in [2.45, 2.75) is 37.6 Å². The molecule has 0 bridgehead atoms. The van der Waals surface area contributed by atoms with Gasteiger partial charge in [-0.15, -0.1) is 11.8 Å². The van der Waals surface area contributed by atoms with Gasteiger partial charge in [-0.05, 0) is 42.6 Å². The third-order valence-electron chi connectivity index (χ3n) is 3.92. The summed E-state index contributed by atoms with van der Waals surface area (Å²) in [6.45, 7) is 2.11. The van der Waals surface area contributed by atoms with Crippen LogP contribution in [0.1, 0.15) is 36.5 Å². The Labute approximate surface area is 130 Å². The van der Waals surface area contributed by atoms with Crippen molar-refractivity contribution in [1.82, 2.24) is 4.98 Å². The van der Waals surface area contributed by atoms with Crippen LogP contribution in [0.2, 0.25) is 0 Å². The molecule has 0 aliphatic heterocycles. The molecular weight excluding hydrogens is 276 g/mol. The molecule has 1 aliphatic rings. The number of hydrogen-bond donors (Lipinski definition) is 0. The molecule has 3 rings (SSSR count). The van der Waals surface area contributed by atoms with Crippen LogP contribution in [0.3, 0.4) is 0 Å². The highest BCUT2D eigenvalue weighted by Crippen LogP contribution is 2.36. The summed E-state index contributed by atoms with van der Waals surface area (Å²) in [6.07, 6.45) is 4.42. The summed E-state index contributed by atoms with van der Waals surface area (Å²) in [6, 6.07) is 12.8. The molecule has 0 amide bonds. The predicted octanol–water partition coefficient (Wildman–Crippen LogP) is 4.61. The van der Waals surface area contributed by atoms with E-state index in [0.29, 0.717) is 0 Å². The SMILES string of the molecule is CCSc1nc(-c2ccccc2)c2c(c1C#N)CCCC2. The number of nitriles is 1. The van der Waals surface area contributed by atoms with Crippen molar-refractivity contribution in [1.29, 1.82) is 5.26 Å². The van der Waals surface area contributed by atoms with E-state index < -0.39 is 0 Å². The third kappa shape index (κ3) is 2.69. The molecule has 0 saturated heterocycles. The summed E-state index contributed by atoms with van der Waals surface area (Å²) < 4.78 is 0. The number of fused-ring (bicyclic) bond motifs is 1. The first-order chi connectivity index (χ1) is 10.3. The topological polar surface area (TPSA) is 36.7 Å². The van der Waals surface area contributed by atoms with Gasteiger partial charge < -0.3 is 0 Å². The van der Waals surface area contributed by atoms with Crippen LogP contribution in [0.25, 0.3) is 11.3 Å². The molecule has 1 aromatic heterocycles. The van der Waals surface area contributed by atoms with Gasteiger partial charge in [0.25, 0.3) is 0 Å². The number of benzene rings is 1. The van der Waals surface area contributed by atoms with Crippen LogP contribution in [0.5, 0.6) is 0 Å². The second kappa shape index (κ2) is 6.32. The van der Waals surface area contributed by atoms with Crippen molar-refractivity contribution in [3.8, 4) is 17.3 Å². The van der Waals surface area contributed by atoms with Crippen molar-refractivity contribution < 1.29 is 0 Å². The van der Waals surface area contributed by atoms with E-state index >= 15 is 0 Å². The minimum absolute atomic E-state index is 0.816. The maximum absolute atomic E-state index is 9.56. The van der Waals surface area contributed by atoms with Crippen LogP contribution in [-0.4, -0.2) is 10.7 Å². The second-order valence-electron chi connectivity index (χ2n) is 5.22. The Morgan fingerprint density at radius 1 is 1.14 bits per heavy atom. The lowest BCUT2D eigenvalue weighted by Crippen LogP contribution is -2.10. The minimum atomic E-state index is 0.816. The summed E-state index contributed by atoms with van der Waals surface area (Å²) >= 11 is 1.67. The molecule has 2 aromatic rings. The van der Waals surface area contributed by atoms with Gasteiger partial charge in [0.1, 0.15) is 11.1 Å². The van der Waals surface area contributed by atoms with Crippen LogP contribution in [-0.2, 0) is 12.8 Å². The van der Waals surface area contributed by atoms with E-state index in [-0.39, 0.29) is 0 Å². The van der Waals surface area contributed by atoms with Crippen molar-refractivity contribution in [2.24, 2.45) is 0 Å². The fourth-order valence-electron chi connectivity index (χ4n) is 2.99. The Kier molecular flexibility index (Phi) is 4.26. The van der Waals surface area contributed by atoms with Gasteiger partial charge in [-0.2, -0.15) is 5.26 Å². The molecule has 21 heavy (non-hydrogen) atoms. The Morgan fingerprint density at radius 3 is 2.52 bits per heavy atom. The van der Waals surface area contributed by atoms with E-state index in [1.165, 1.54) is 24.0 Å². The monoisotopic (exact) mass is 294 g/mol. The van der Waals surface area contributed by atoms with Gasteiger partial charge in [0, 0.05) is 5.56 Å². The molecule has 0 N–H and O–H groups in total. The zero-order valence-electron chi connectivity index (χ0n) is 12.2. The molecule has 106 valence electrons. The van der Waals surface area contributed by atoms with Gasteiger partial charge in [0.15, 0.2) is 0 Å². The summed E-state index contributed by atoms with van der Waals surface area (Å²) in [5, 5.41) is 10.5. The fraction of sp³-hybridized carbons (Fsp3) is 0.333. The summed E-state index contributed by atoms with van der Waals surface area (Å²) in [5.74, 6) is 0.939. The largest absolute Gasteiger partial charge is 0.240 e. The van der Waals surface area contributed by atoms with Crippen molar-refractivity contribution >= 4 is 11.8 Å². The highest BCUT2D eigenvalue weighted by atomic mass is 32.2. The molecule has 1 aromatic carbocycles. The molecule has 1 aliphatic carbocycles. The van der Waals surface area contributed by atoms with E-state index in [9.17, 15) is 5.26 Å². The molecule has 0 saturated carbocycles. The van der Waals surface area contributed by atoms with E-state index in [1.807, 2.05) is 6.07 Å². The number of rotatable bonds is 3. The average molecular weight is 294 g/mol. The molecule has 0 radical (unpaired) electrons. The van der Waals surface area contributed by atoms with Gasteiger partial charge in [0.2, 0.25) is 0 Å². The van der Waals surface area contributed by atoms with E-state index in [2.05, 4.69) is 37.3 Å². The van der Waals surface area contributed by atoms with Gasteiger partial charge in [-0.25, -0.2) is 4.98 Å². The summed E-state index contributed by atoms with van der Waals surface area (Å²) in [5.41, 5.74) is 5.60. The maximum Gasteiger partial charge on any atom is 0.115 e. The predicted molar refractivity (Wildman–Crippen MR) is 87.4 cm³/mol. The van der Waals surface area contributed by atoms with Gasteiger partial charge in [0.05, 0.1) is 11.3 Å². The Balaban J connectivity index is 2.25. The van der Waals surface area contributed by atoms with Crippen LogP contribution in [0.4, 0.5) is 0 Å². The third-order valence-corrected chi connectivity index (χ3v) is 4.78. The second-order valence-corrected chi connectivity index (χ2v) is 6.47. The molecule has 1 heterocycles. The van der Waals surface area contributed by atoms with Crippen LogP contribution >= 0.6 is 11.8 Å². The van der Waals surface area contributed by atoms with Crippen LogP contribution in [0, 0.1) is 11.3 Å². The zero-order valence-corrected chi connectivity index (χ0v) is 13.0. The highest BCUT2D eigenvalue weighted by molar-refractivity contribution is 7.99.